The number of hydrogen-bond acceptors (Lipinski definition) is 3. The van der Waals surface area contributed by atoms with E-state index in [1.807, 2.05) is 0 Å². The molecule has 98 valence electrons. The van der Waals surface area contributed by atoms with E-state index in [-0.39, 0.29) is 16.5 Å². The Hall–Kier alpha value is -1.56. The van der Waals surface area contributed by atoms with Gasteiger partial charge in [-0.1, -0.05) is 6.07 Å². The summed E-state index contributed by atoms with van der Waals surface area (Å²) in [6, 6.07) is 3.23. The highest BCUT2D eigenvalue weighted by atomic mass is 32.2. The maximum atomic E-state index is 11.9. The van der Waals surface area contributed by atoms with Gasteiger partial charge in [-0.05, 0) is 43.9 Å². The third kappa shape index (κ3) is 2.48. The molecule has 6 heteroatoms. The molecule has 2 rings (SSSR count). The lowest BCUT2D eigenvalue weighted by Crippen LogP contribution is -2.20. The molecule has 0 aromatic heterocycles. The first-order valence-corrected chi connectivity index (χ1v) is 7.22. The van der Waals surface area contributed by atoms with Crippen LogP contribution in [0.4, 0.5) is 5.69 Å². The number of carbonyl (C=O) groups is 1. The van der Waals surface area contributed by atoms with Crippen LogP contribution in [-0.2, 0) is 10.0 Å². The van der Waals surface area contributed by atoms with Crippen molar-refractivity contribution in [3.63, 3.8) is 0 Å². The van der Waals surface area contributed by atoms with Crippen LogP contribution >= 0.6 is 0 Å². The zero-order chi connectivity index (χ0) is 13.5. The lowest BCUT2D eigenvalue weighted by Gasteiger charge is -2.13. The number of hydrogen-bond donors (Lipinski definition) is 2. The van der Waals surface area contributed by atoms with Crippen LogP contribution in [0.3, 0.4) is 0 Å². The second kappa shape index (κ2) is 4.28. The summed E-state index contributed by atoms with van der Waals surface area (Å²) in [7, 11) is -3.44. The molecule has 18 heavy (non-hydrogen) atoms. The van der Waals surface area contributed by atoms with Gasteiger partial charge in [0.15, 0.2) is 0 Å². The first kappa shape index (κ1) is 12.9. The van der Waals surface area contributed by atoms with Gasteiger partial charge < -0.3 is 5.11 Å². The van der Waals surface area contributed by atoms with Crippen LogP contribution in [0.25, 0.3) is 0 Å². The Balaban J connectivity index is 2.46. The van der Waals surface area contributed by atoms with Gasteiger partial charge in [-0.3, -0.25) is 4.72 Å². The maximum Gasteiger partial charge on any atom is 0.337 e. The number of carboxylic acids is 1. The van der Waals surface area contributed by atoms with E-state index in [4.69, 9.17) is 5.11 Å². The monoisotopic (exact) mass is 269 g/mol. The Morgan fingerprint density at radius 1 is 1.33 bits per heavy atom. The molecule has 1 aromatic carbocycles. The van der Waals surface area contributed by atoms with Gasteiger partial charge in [0.1, 0.15) is 0 Å². The number of carboxylic acid groups (broad SMARTS) is 1. The fraction of sp³-hybridized carbons (Fsp3) is 0.417. The van der Waals surface area contributed by atoms with Crippen molar-refractivity contribution in [3.8, 4) is 0 Å². The molecule has 2 N–H and O–H groups in total. The minimum Gasteiger partial charge on any atom is -0.478 e. The number of rotatable bonds is 4. The van der Waals surface area contributed by atoms with Gasteiger partial charge >= 0.3 is 5.97 Å². The molecule has 1 aliphatic carbocycles. The lowest BCUT2D eigenvalue weighted by molar-refractivity contribution is 0.0698. The predicted octanol–water partition coefficient (Wildman–Crippen LogP) is 1.91. The van der Waals surface area contributed by atoms with E-state index < -0.39 is 16.0 Å². The van der Waals surface area contributed by atoms with E-state index >= 15 is 0 Å². The van der Waals surface area contributed by atoms with Gasteiger partial charge in [0.25, 0.3) is 0 Å². The summed E-state index contributed by atoms with van der Waals surface area (Å²) >= 11 is 0. The zero-order valence-electron chi connectivity index (χ0n) is 10.2. The third-order valence-corrected chi connectivity index (χ3v) is 4.76. The number of benzene rings is 1. The average molecular weight is 269 g/mol. The van der Waals surface area contributed by atoms with Crippen molar-refractivity contribution in [2.45, 2.75) is 31.9 Å². The van der Waals surface area contributed by atoms with Gasteiger partial charge in [0, 0.05) is 0 Å². The molecule has 0 saturated heterocycles. The first-order valence-electron chi connectivity index (χ1n) is 5.67. The number of nitrogens with one attached hydrogen (secondary N) is 1. The van der Waals surface area contributed by atoms with Crippen LogP contribution in [-0.4, -0.2) is 24.7 Å². The average Bonchev–Trinajstić information content (AvgIpc) is 3.04. The van der Waals surface area contributed by atoms with E-state index in [1.165, 1.54) is 6.07 Å². The summed E-state index contributed by atoms with van der Waals surface area (Å²) < 4.78 is 26.2. The number of aromatic carboxylic acids is 1. The Morgan fingerprint density at radius 2 is 1.94 bits per heavy atom. The van der Waals surface area contributed by atoms with Crippen LogP contribution in [0, 0.1) is 13.8 Å². The highest BCUT2D eigenvalue weighted by Gasteiger charge is 2.36. The molecule has 0 radical (unpaired) electrons. The van der Waals surface area contributed by atoms with Gasteiger partial charge in [-0.15, -0.1) is 0 Å². The largest absolute Gasteiger partial charge is 0.478 e. The molecule has 0 amide bonds. The third-order valence-electron chi connectivity index (χ3n) is 2.92. The Kier molecular flexibility index (Phi) is 3.06. The van der Waals surface area contributed by atoms with Gasteiger partial charge in [-0.25, -0.2) is 13.2 Å². The molecule has 0 spiro atoms. The quantitative estimate of drug-likeness (QED) is 0.874. The maximum absolute atomic E-state index is 11.9. The molecular weight excluding hydrogens is 254 g/mol. The van der Waals surface area contributed by atoms with E-state index in [0.29, 0.717) is 18.4 Å². The fourth-order valence-electron chi connectivity index (χ4n) is 1.88. The molecule has 0 unspecified atom stereocenters. The molecule has 0 atom stereocenters. The summed E-state index contributed by atoms with van der Waals surface area (Å²) in [5, 5.41) is 8.76. The van der Waals surface area contributed by atoms with Crippen LogP contribution < -0.4 is 4.72 Å². The second-order valence-electron chi connectivity index (χ2n) is 4.66. The van der Waals surface area contributed by atoms with Gasteiger partial charge in [0.05, 0.1) is 16.5 Å². The van der Waals surface area contributed by atoms with Gasteiger partial charge in [-0.2, -0.15) is 0 Å². The number of aryl methyl sites for hydroxylation is 2. The van der Waals surface area contributed by atoms with Gasteiger partial charge in [0.2, 0.25) is 10.0 Å². The smallest absolute Gasteiger partial charge is 0.337 e. The van der Waals surface area contributed by atoms with E-state index in [9.17, 15) is 13.2 Å². The second-order valence-corrected chi connectivity index (χ2v) is 6.62. The van der Waals surface area contributed by atoms with Crippen molar-refractivity contribution < 1.29 is 18.3 Å². The zero-order valence-corrected chi connectivity index (χ0v) is 11.0. The van der Waals surface area contributed by atoms with Crippen LogP contribution in [0.2, 0.25) is 0 Å². The Morgan fingerprint density at radius 3 is 2.44 bits per heavy atom. The molecule has 0 heterocycles. The first-order chi connectivity index (χ1) is 8.31. The molecule has 1 aliphatic rings. The topological polar surface area (TPSA) is 83.5 Å². The summed E-state index contributed by atoms with van der Waals surface area (Å²) in [6.07, 6.45) is 1.28. The van der Waals surface area contributed by atoms with E-state index in [2.05, 4.69) is 4.72 Å². The number of anilines is 1. The number of sulfonamides is 1. The summed E-state index contributed by atoms with van der Waals surface area (Å²) in [5.74, 6) is -1.13. The molecule has 1 fully saturated rings. The lowest BCUT2D eigenvalue weighted by atomic mass is 10.0. The van der Waals surface area contributed by atoms with E-state index in [1.54, 1.807) is 19.9 Å². The summed E-state index contributed by atoms with van der Waals surface area (Å²) in [6.45, 7) is 3.48. The SMILES string of the molecule is Cc1cc(C)c(NS(=O)(=O)C2CC2)c(C(=O)O)c1. The highest BCUT2D eigenvalue weighted by Crippen LogP contribution is 2.32. The minimum absolute atomic E-state index is 0.00303. The van der Waals surface area contributed by atoms with Crippen molar-refractivity contribution in [3.05, 3.63) is 28.8 Å². The molecular formula is C12H15NO4S. The molecule has 1 aromatic rings. The van der Waals surface area contributed by atoms with Crippen molar-refractivity contribution in [1.82, 2.24) is 0 Å². The predicted molar refractivity (Wildman–Crippen MR) is 68.4 cm³/mol. The van der Waals surface area contributed by atoms with Crippen molar-refractivity contribution in [2.75, 3.05) is 4.72 Å². The van der Waals surface area contributed by atoms with Crippen LogP contribution in [0.5, 0.6) is 0 Å². The molecule has 1 saturated carbocycles. The Bertz CT molecular complexity index is 603. The summed E-state index contributed by atoms with van der Waals surface area (Å²) in [4.78, 5) is 11.2. The summed E-state index contributed by atoms with van der Waals surface area (Å²) in [5.41, 5.74) is 1.59. The van der Waals surface area contributed by atoms with E-state index in [0.717, 1.165) is 5.56 Å². The minimum atomic E-state index is -3.44. The van der Waals surface area contributed by atoms with Crippen LogP contribution in [0.15, 0.2) is 12.1 Å². The fourth-order valence-corrected chi connectivity index (χ4v) is 3.35. The van der Waals surface area contributed by atoms with Crippen molar-refractivity contribution in [2.24, 2.45) is 0 Å². The van der Waals surface area contributed by atoms with Crippen molar-refractivity contribution in [1.29, 1.82) is 0 Å². The molecule has 0 aliphatic heterocycles. The standard InChI is InChI=1S/C12H15NO4S/c1-7-5-8(2)11(10(6-7)12(14)15)13-18(16,17)9-3-4-9/h5-6,9,13H,3-4H2,1-2H3,(H,14,15). The van der Waals surface area contributed by atoms with Crippen molar-refractivity contribution >= 4 is 21.7 Å². The molecule has 5 nitrogen and oxygen atoms in total. The molecule has 0 bridgehead atoms. The highest BCUT2D eigenvalue weighted by molar-refractivity contribution is 7.93. The normalized spacial score (nSPS) is 15.4. The van der Waals surface area contributed by atoms with Crippen LogP contribution in [0.1, 0.15) is 34.3 Å². The Labute approximate surface area is 106 Å².